The summed E-state index contributed by atoms with van der Waals surface area (Å²) in [5, 5.41) is 3.64. The maximum absolute atomic E-state index is 3.64. The first-order valence-electron chi connectivity index (χ1n) is 8.59. The molecular weight excluding hydrogens is 254 g/mol. The molecule has 1 aliphatic rings. The van der Waals surface area contributed by atoms with Crippen molar-refractivity contribution in [1.29, 1.82) is 0 Å². The first-order chi connectivity index (χ1) is 9.85. The second-order valence-electron chi connectivity index (χ2n) is 7.82. The number of aryl methyl sites for hydroxylation is 3. The second kappa shape index (κ2) is 6.52. The van der Waals surface area contributed by atoms with Crippen LogP contribution in [0.3, 0.4) is 0 Å². The molecule has 1 aliphatic carbocycles. The lowest BCUT2D eigenvalue weighted by molar-refractivity contribution is 0.101. The van der Waals surface area contributed by atoms with Gasteiger partial charge in [0.25, 0.3) is 0 Å². The Morgan fingerprint density at radius 2 is 1.76 bits per heavy atom. The van der Waals surface area contributed by atoms with Gasteiger partial charge in [0, 0.05) is 6.04 Å². The van der Waals surface area contributed by atoms with Crippen LogP contribution in [0, 0.1) is 32.1 Å². The van der Waals surface area contributed by atoms with Gasteiger partial charge >= 0.3 is 0 Å². The van der Waals surface area contributed by atoms with Crippen LogP contribution < -0.4 is 5.32 Å². The fourth-order valence-corrected chi connectivity index (χ4v) is 4.46. The summed E-state index contributed by atoms with van der Waals surface area (Å²) in [6, 6.07) is 5.27. The Kier molecular flexibility index (Phi) is 5.14. The number of likely N-dealkylation sites (N-methyl/N-ethyl adjacent to an activating group) is 1. The molecule has 1 fully saturated rings. The van der Waals surface area contributed by atoms with Gasteiger partial charge in [-0.3, -0.25) is 0 Å². The van der Waals surface area contributed by atoms with Crippen molar-refractivity contribution in [3.8, 4) is 0 Å². The minimum Gasteiger partial charge on any atom is -0.316 e. The van der Waals surface area contributed by atoms with E-state index in [1.165, 1.54) is 48.8 Å². The minimum absolute atomic E-state index is 0.471. The van der Waals surface area contributed by atoms with E-state index in [2.05, 4.69) is 59.1 Å². The molecule has 0 heterocycles. The summed E-state index contributed by atoms with van der Waals surface area (Å²) in [6.07, 6.45) is 6.73. The Hall–Kier alpha value is -0.820. The van der Waals surface area contributed by atoms with Gasteiger partial charge in [0.05, 0.1) is 0 Å². The maximum atomic E-state index is 3.64. The van der Waals surface area contributed by atoms with Crippen LogP contribution in [-0.2, 0) is 6.42 Å². The monoisotopic (exact) mass is 287 g/mol. The van der Waals surface area contributed by atoms with E-state index in [0.717, 1.165) is 5.92 Å². The average molecular weight is 287 g/mol. The highest BCUT2D eigenvalue weighted by atomic mass is 14.9. The van der Waals surface area contributed by atoms with Crippen molar-refractivity contribution < 1.29 is 0 Å². The fraction of sp³-hybridized carbons (Fsp3) is 0.700. The van der Waals surface area contributed by atoms with Crippen molar-refractivity contribution in [2.75, 3.05) is 7.05 Å². The highest BCUT2D eigenvalue weighted by Gasteiger charge is 2.37. The van der Waals surface area contributed by atoms with Crippen LogP contribution in [0.1, 0.15) is 61.8 Å². The molecule has 1 nitrogen and oxygen atoms in total. The van der Waals surface area contributed by atoms with Crippen molar-refractivity contribution in [3.63, 3.8) is 0 Å². The summed E-state index contributed by atoms with van der Waals surface area (Å²) in [7, 11) is 2.15. The van der Waals surface area contributed by atoms with Crippen LogP contribution in [0.4, 0.5) is 0 Å². The van der Waals surface area contributed by atoms with Gasteiger partial charge in [-0.1, -0.05) is 44.4 Å². The molecule has 1 N–H and O–H groups in total. The molecule has 0 amide bonds. The predicted octanol–water partition coefficient (Wildman–Crippen LogP) is 4.96. The van der Waals surface area contributed by atoms with Crippen LogP contribution in [0.2, 0.25) is 0 Å². The zero-order valence-corrected chi connectivity index (χ0v) is 14.8. The molecule has 0 bridgehead atoms. The molecule has 0 aromatic heterocycles. The van der Waals surface area contributed by atoms with Gasteiger partial charge in [-0.25, -0.2) is 0 Å². The zero-order chi connectivity index (χ0) is 15.6. The third kappa shape index (κ3) is 3.69. The molecule has 21 heavy (non-hydrogen) atoms. The van der Waals surface area contributed by atoms with Crippen molar-refractivity contribution >= 4 is 0 Å². The number of hydrogen-bond donors (Lipinski definition) is 1. The molecule has 118 valence electrons. The second-order valence-corrected chi connectivity index (χ2v) is 7.82. The van der Waals surface area contributed by atoms with E-state index < -0.39 is 0 Å². The van der Waals surface area contributed by atoms with Crippen molar-refractivity contribution in [3.05, 3.63) is 34.4 Å². The van der Waals surface area contributed by atoms with Crippen LogP contribution in [0.5, 0.6) is 0 Å². The third-order valence-corrected chi connectivity index (χ3v) is 5.71. The van der Waals surface area contributed by atoms with E-state index >= 15 is 0 Å². The number of nitrogens with one attached hydrogen (secondary N) is 1. The Balaban J connectivity index is 2.23. The van der Waals surface area contributed by atoms with E-state index in [-0.39, 0.29) is 0 Å². The van der Waals surface area contributed by atoms with Crippen LogP contribution in [0.15, 0.2) is 12.1 Å². The van der Waals surface area contributed by atoms with E-state index in [0.29, 0.717) is 11.5 Å². The van der Waals surface area contributed by atoms with Crippen molar-refractivity contribution in [2.45, 2.75) is 72.8 Å². The number of hydrogen-bond acceptors (Lipinski definition) is 1. The molecule has 2 unspecified atom stereocenters. The lowest BCUT2D eigenvalue weighted by Crippen LogP contribution is -2.44. The maximum Gasteiger partial charge on any atom is 0.0138 e. The summed E-state index contributed by atoms with van der Waals surface area (Å²) in [6.45, 7) is 11.7. The van der Waals surface area contributed by atoms with E-state index in [1.807, 2.05) is 0 Å². The first-order valence-corrected chi connectivity index (χ1v) is 8.59. The molecule has 1 aromatic carbocycles. The SMILES string of the molecule is CNC(Cc1c(C)cc(C)cc1C)C1CCCCC1(C)C. The van der Waals surface area contributed by atoms with Gasteiger partial charge in [0.2, 0.25) is 0 Å². The predicted molar refractivity (Wildman–Crippen MR) is 92.9 cm³/mol. The smallest absolute Gasteiger partial charge is 0.0138 e. The quantitative estimate of drug-likeness (QED) is 0.825. The highest BCUT2D eigenvalue weighted by Crippen LogP contribution is 2.43. The Morgan fingerprint density at radius 3 is 2.29 bits per heavy atom. The summed E-state index contributed by atoms with van der Waals surface area (Å²) in [5.74, 6) is 0.788. The van der Waals surface area contributed by atoms with Crippen molar-refractivity contribution in [2.24, 2.45) is 11.3 Å². The topological polar surface area (TPSA) is 12.0 Å². The molecular formula is C20H33N. The molecule has 0 spiro atoms. The van der Waals surface area contributed by atoms with Crippen LogP contribution >= 0.6 is 0 Å². The molecule has 1 saturated carbocycles. The third-order valence-electron chi connectivity index (χ3n) is 5.71. The summed E-state index contributed by atoms with van der Waals surface area (Å²) < 4.78 is 0. The Bertz CT molecular complexity index is 464. The zero-order valence-electron chi connectivity index (χ0n) is 14.8. The summed E-state index contributed by atoms with van der Waals surface area (Å²) >= 11 is 0. The van der Waals surface area contributed by atoms with Gasteiger partial charge in [-0.05, 0) is 75.1 Å². The van der Waals surface area contributed by atoms with Crippen molar-refractivity contribution in [1.82, 2.24) is 5.32 Å². The van der Waals surface area contributed by atoms with E-state index in [4.69, 9.17) is 0 Å². The highest BCUT2D eigenvalue weighted by molar-refractivity contribution is 5.38. The lowest BCUT2D eigenvalue weighted by Gasteiger charge is -2.43. The first kappa shape index (κ1) is 16.5. The van der Waals surface area contributed by atoms with Crippen LogP contribution in [-0.4, -0.2) is 13.1 Å². The number of rotatable bonds is 4. The molecule has 0 aliphatic heterocycles. The molecule has 1 heteroatoms. The normalized spacial score (nSPS) is 23.0. The lowest BCUT2D eigenvalue weighted by atomic mass is 9.65. The van der Waals surface area contributed by atoms with Crippen LogP contribution in [0.25, 0.3) is 0 Å². The Labute approximate surface area is 131 Å². The minimum atomic E-state index is 0.471. The molecule has 0 radical (unpaired) electrons. The standard InChI is InChI=1S/C20H33N/c1-14-11-15(2)17(16(3)12-14)13-19(21-6)18-9-7-8-10-20(18,4)5/h11-12,18-19,21H,7-10,13H2,1-6H3. The van der Waals surface area contributed by atoms with Gasteiger partial charge in [-0.2, -0.15) is 0 Å². The van der Waals surface area contributed by atoms with Gasteiger partial charge < -0.3 is 5.32 Å². The summed E-state index contributed by atoms with van der Waals surface area (Å²) in [5.41, 5.74) is 6.33. The molecule has 0 saturated heterocycles. The largest absolute Gasteiger partial charge is 0.316 e. The molecule has 2 rings (SSSR count). The average Bonchev–Trinajstić information content (AvgIpc) is 2.38. The van der Waals surface area contributed by atoms with E-state index in [1.54, 1.807) is 5.56 Å². The Morgan fingerprint density at radius 1 is 1.14 bits per heavy atom. The van der Waals surface area contributed by atoms with Gasteiger partial charge in [0.1, 0.15) is 0 Å². The van der Waals surface area contributed by atoms with E-state index in [9.17, 15) is 0 Å². The molecule has 2 atom stereocenters. The molecule has 1 aromatic rings. The summed E-state index contributed by atoms with van der Waals surface area (Å²) in [4.78, 5) is 0. The van der Waals surface area contributed by atoms with Gasteiger partial charge in [-0.15, -0.1) is 0 Å². The number of benzene rings is 1. The van der Waals surface area contributed by atoms with Gasteiger partial charge in [0.15, 0.2) is 0 Å². The fourth-order valence-electron chi connectivity index (χ4n) is 4.46.